The summed E-state index contributed by atoms with van der Waals surface area (Å²) in [5.41, 5.74) is 3.09. The molecule has 0 aromatic heterocycles. The van der Waals surface area contributed by atoms with Gasteiger partial charge in [0.1, 0.15) is 5.70 Å². The molecule has 0 atom stereocenters. The first kappa shape index (κ1) is 19.9. The van der Waals surface area contributed by atoms with Crippen molar-refractivity contribution in [3.05, 3.63) is 59.3 Å². The maximum atomic E-state index is 13.0. The molecule has 1 heterocycles. The molecule has 146 valence electrons. The highest BCUT2D eigenvalue weighted by molar-refractivity contribution is 7.80. The Hall–Kier alpha value is -2.86. The van der Waals surface area contributed by atoms with Crippen LogP contribution < -0.4 is 19.7 Å². The standard InChI is InChI=1S/C22H24N2O3S/c1-5-27-19-8-6-7-16(20(19)26-4)13-18-21(25)24(22(28)23-18)17-11-9-15(10-12-17)14(2)3/h6-14H,5H2,1-4H3,(H,23,28)/b18-13-. The molecule has 6 heteroatoms. The van der Waals surface area contributed by atoms with E-state index in [0.29, 0.717) is 34.8 Å². The van der Waals surface area contributed by atoms with Gasteiger partial charge in [-0.1, -0.05) is 38.1 Å². The van der Waals surface area contributed by atoms with Crippen molar-refractivity contribution < 1.29 is 14.3 Å². The van der Waals surface area contributed by atoms with Gasteiger partial charge in [0.15, 0.2) is 16.6 Å². The molecule has 1 amide bonds. The second-order valence-electron chi connectivity index (χ2n) is 6.69. The SMILES string of the molecule is CCOc1cccc(/C=C2\NC(=S)N(c3ccc(C(C)C)cc3)C2=O)c1OC. The van der Waals surface area contributed by atoms with E-state index in [4.69, 9.17) is 21.7 Å². The molecule has 5 nitrogen and oxygen atoms in total. The van der Waals surface area contributed by atoms with Gasteiger partial charge in [-0.05, 0) is 54.9 Å². The lowest BCUT2D eigenvalue weighted by molar-refractivity contribution is -0.113. The molecular formula is C22H24N2O3S. The van der Waals surface area contributed by atoms with Crippen molar-refractivity contribution in [3.8, 4) is 11.5 Å². The second kappa shape index (κ2) is 8.44. The van der Waals surface area contributed by atoms with E-state index >= 15 is 0 Å². The van der Waals surface area contributed by atoms with Gasteiger partial charge in [0.05, 0.1) is 19.4 Å². The van der Waals surface area contributed by atoms with Crippen molar-refractivity contribution >= 4 is 35.0 Å². The van der Waals surface area contributed by atoms with Gasteiger partial charge in [-0.25, -0.2) is 0 Å². The van der Waals surface area contributed by atoms with Crippen molar-refractivity contribution in [1.82, 2.24) is 5.32 Å². The highest BCUT2D eigenvalue weighted by atomic mass is 32.1. The largest absolute Gasteiger partial charge is 0.492 e. The average Bonchev–Trinajstić information content (AvgIpc) is 2.95. The van der Waals surface area contributed by atoms with Crippen LogP contribution in [-0.2, 0) is 4.79 Å². The Kier molecular flexibility index (Phi) is 5.99. The molecule has 1 aliphatic heterocycles. The predicted octanol–water partition coefficient (Wildman–Crippen LogP) is 4.48. The van der Waals surface area contributed by atoms with E-state index in [9.17, 15) is 4.79 Å². The third-order valence-corrected chi connectivity index (χ3v) is 4.79. The highest BCUT2D eigenvalue weighted by Crippen LogP contribution is 2.33. The Morgan fingerprint density at radius 3 is 2.50 bits per heavy atom. The van der Waals surface area contributed by atoms with Gasteiger partial charge in [-0.15, -0.1) is 0 Å². The van der Waals surface area contributed by atoms with Crippen LogP contribution in [0.15, 0.2) is 48.2 Å². The summed E-state index contributed by atoms with van der Waals surface area (Å²) in [5, 5.41) is 3.37. The van der Waals surface area contributed by atoms with Crippen LogP contribution in [0.3, 0.4) is 0 Å². The molecule has 0 bridgehead atoms. The number of carbonyl (C=O) groups is 1. The van der Waals surface area contributed by atoms with Crippen LogP contribution in [0.2, 0.25) is 0 Å². The summed E-state index contributed by atoms with van der Waals surface area (Å²) in [5.74, 6) is 1.44. The number of nitrogens with zero attached hydrogens (tertiary/aromatic N) is 1. The number of nitrogens with one attached hydrogen (secondary N) is 1. The molecule has 2 aromatic rings. The number of hydrogen-bond acceptors (Lipinski definition) is 4. The first-order valence-electron chi connectivity index (χ1n) is 9.23. The monoisotopic (exact) mass is 396 g/mol. The summed E-state index contributed by atoms with van der Waals surface area (Å²) < 4.78 is 11.1. The molecule has 1 fully saturated rings. The third kappa shape index (κ3) is 3.87. The summed E-state index contributed by atoms with van der Waals surface area (Å²) in [6.07, 6.45) is 1.73. The van der Waals surface area contributed by atoms with Gasteiger partial charge >= 0.3 is 0 Å². The summed E-state index contributed by atoms with van der Waals surface area (Å²) in [4.78, 5) is 14.5. The molecule has 28 heavy (non-hydrogen) atoms. The summed E-state index contributed by atoms with van der Waals surface area (Å²) >= 11 is 5.40. The van der Waals surface area contributed by atoms with E-state index in [2.05, 4.69) is 19.2 Å². The molecule has 0 aliphatic carbocycles. The smallest absolute Gasteiger partial charge is 0.281 e. The van der Waals surface area contributed by atoms with E-state index in [0.717, 1.165) is 11.3 Å². The molecule has 1 saturated heterocycles. The van der Waals surface area contributed by atoms with Crippen molar-refractivity contribution in [3.63, 3.8) is 0 Å². The van der Waals surface area contributed by atoms with Gasteiger partial charge < -0.3 is 14.8 Å². The number of rotatable bonds is 6. The second-order valence-corrected chi connectivity index (χ2v) is 7.07. The minimum Gasteiger partial charge on any atom is -0.492 e. The third-order valence-electron chi connectivity index (χ3n) is 4.51. The lowest BCUT2D eigenvalue weighted by Gasteiger charge is -2.15. The highest BCUT2D eigenvalue weighted by Gasteiger charge is 2.32. The Morgan fingerprint density at radius 2 is 1.89 bits per heavy atom. The average molecular weight is 397 g/mol. The number of ether oxygens (including phenoxy) is 2. The Balaban J connectivity index is 1.92. The van der Waals surface area contributed by atoms with Crippen LogP contribution in [0.5, 0.6) is 11.5 Å². The lowest BCUT2D eigenvalue weighted by atomic mass is 10.0. The van der Waals surface area contributed by atoms with Crippen LogP contribution in [0.4, 0.5) is 5.69 Å². The number of thiocarbonyl (C=S) groups is 1. The molecule has 0 radical (unpaired) electrons. The normalized spacial score (nSPS) is 15.3. The van der Waals surface area contributed by atoms with Crippen LogP contribution >= 0.6 is 12.2 Å². The zero-order valence-corrected chi connectivity index (χ0v) is 17.3. The number of anilines is 1. The van der Waals surface area contributed by atoms with E-state index in [1.165, 1.54) is 10.5 Å². The maximum absolute atomic E-state index is 13.0. The zero-order chi connectivity index (χ0) is 20.3. The molecule has 1 N–H and O–H groups in total. The molecule has 0 unspecified atom stereocenters. The van der Waals surface area contributed by atoms with E-state index in [-0.39, 0.29) is 5.91 Å². The molecular weight excluding hydrogens is 372 g/mol. The van der Waals surface area contributed by atoms with Crippen LogP contribution in [-0.4, -0.2) is 24.7 Å². The van der Waals surface area contributed by atoms with E-state index in [1.807, 2.05) is 49.4 Å². The number of hydrogen-bond donors (Lipinski definition) is 1. The van der Waals surface area contributed by atoms with E-state index < -0.39 is 0 Å². The zero-order valence-electron chi connectivity index (χ0n) is 16.5. The first-order chi connectivity index (χ1) is 13.5. The van der Waals surface area contributed by atoms with Crippen molar-refractivity contribution in [2.45, 2.75) is 26.7 Å². The maximum Gasteiger partial charge on any atom is 0.281 e. The summed E-state index contributed by atoms with van der Waals surface area (Å²) in [6, 6.07) is 13.4. The van der Waals surface area contributed by atoms with Crippen molar-refractivity contribution in [2.75, 3.05) is 18.6 Å². The fourth-order valence-electron chi connectivity index (χ4n) is 3.07. The molecule has 0 saturated carbocycles. The molecule has 1 aliphatic rings. The minimum atomic E-state index is -0.203. The fourth-order valence-corrected chi connectivity index (χ4v) is 3.37. The lowest BCUT2D eigenvalue weighted by Crippen LogP contribution is -2.30. The topological polar surface area (TPSA) is 50.8 Å². The molecule has 2 aromatic carbocycles. The van der Waals surface area contributed by atoms with Crippen LogP contribution in [0.1, 0.15) is 37.8 Å². The predicted molar refractivity (Wildman–Crippen MR) is 116 cm³/mol. The number of amides is 1. The van der Waals surface area contributed by atoms with Gasteiger partial charge in [-0.3, -0.25) is 9.69 Å². The van der Waals surface area contributed by atoms with Crippen LogP contribution in [0.25, 0.3) is 6.08 Å². The summed E-state index contributed by atoms with van der Waals surface area (Å²) in [7, 11) is 1.58. The fraction of sp³-hybridized carbons (Fsp3) is 0.273. The number of para-hydroxylation sites is 1. The van der Waals surface area contributed by atoms with Gasteiger partial charge in [-0.2, -0.15) is 0 Å². The van der Waals surface area contributed by atoms with Crippen molar-refractivity contribution in [2.24, 2.45) is 0 Å². The number of benzene rings is 2. The van der Waals surface area contributed by atoms with E-state index in [1.54, 1.807) is 13.2 Å². The number of carbonyl (C=O) groups excluding carboxylic acids is 1. The Morgan fingerprint density at radius 1 is 1.18 bits per heavy atom. The van der Waals surface area contributed by atoms with Gasteiger partial charge in [0.25, 0.3) is 5.91 Å². The van der Waals surface area contributed by atoms with Gasteiger partial charge in [0.2, 0.25) is 0 Å². The van der Waals surface area contributed by atoms with Crippen LogP contribution in [0, 0.1) is 0 Å². The minimum absolute atomic E-state index is 0.203. The van der Waals surface area contributed by atoms with Gasteiger partial charge in [0, 0.05) is 5.56 Å². The quantitative estimate of drug-likeness (QED) is 0.576. The Bertz CT molecular complexity index is 920. The Labute approximate surface area is 170 Å². The first-order valence-corrected chi connectivity index (χ1v) is 9.64. The molecule has 3 rings (SSSR count). The molecule has 0 spiro atoms. The van der Waals surface area contributed by atoms with Crippen molar-refractivity contribution in [1.29, 1.82) is 0 Å². The summed E-state index contributed by atoms with van der Waals surface area (Å²) in [6.45, 7) is 6.70. The number of methoxy groups -OCH3 is 1.